The Bertz CT molecular complexity index is 913. The Morgan fingerprint density at radius 1 is 0.500 bits per heavy atom. The van der Waals surface area contributed by atoms with E-state index in [1.807, 2.05) is 24.3 Å². The van der Waals surface area contributed by atoms with E-state index in [0.29, 0.717) is 0 Å². The second-order valence-corrected chi connectivity index (χ2v) is 10.2. The lowest BCUT2D eigenvalue weighted by Crippen LogP contribution is -2.17. The van der Waals surface area contributed by atoms with Gasteiger partial charge in [0.2, 0.25) is 0 Å². The quantitative estimate of drug-likeness (QED) is 0.435. The second kappa shape index (κ2) is 8.18. The summed E-state index contributed by atoms with van der Waals surface area (Å²) in [6.07, 6.45) is 0. The maximum Gasteiger partial charge on any atom is 0.131 e. The van der Waals surface area contributed by atoms with Crippen LogP contribution in [0.5, 0.6) is 23.0 Å². The van der Waals surface area contributed by atoms with Gasteiger partial charge in [-0.2, -0.15) is 0 Å². The third-order valence-electron chi connectivity index (χ3n) is 5.20. The Morgan fingerprint density at radius 2 is 0.800 bits per heavy atom. The summed E-state index contributed by atoms with van der Waals surface area (Å²) in [6, 6.07) is 20.7. The SMILES string of the molecule is Cc1ccc(Oc2cc(C(C)(C)C)c(Oc3ccc(C)cc3)cc2C(C)(C)C)cc1. The highest BCUT2D eigenvalue weighted by Gasteiger charge is 2.27. The average molecular weight is 403 g/mol. The van der Waals surface area contributed by atoms with Crippen LogP contribution in [-0.2, 0) is 10.8 Å². The zero-order valence-corrected chi connectivity index (χ0v) is 19.6. The predicted octanol–water partition coefficient (Wildman–Crippen LogP) is 8.48. The summed E-state index contributed by atoms with van der Waals surface area (Å²) < 4.78 is 12.8. The van der Waals surface area contributed by atoms with Crippen LogP contribution < -0.4 is 9.47 Å². The van der Waals surface area contributed by atoms with Crippen molar-refractivity contribution in [3.63, 3.8) is 0 Å². The fourth-order valence-electron chi connectivity index (χ4n) is 3.37. The van der Waals surface area contributed by atoms with Crippen LogP contribution in [0.1, 0.15) is 63.8 Å². The van der Waals surface area contributed by atoms with Crippen LogP contribution >= 0.6 is 0 Å². The van der Waals surface area contributed by atoms with Crippen molar-refractivity contribution < 1.29 is 9.47 Å². The molecule has 0 unspecified atom stereocenters. The Hall–Kier alpha value is -2.74. The molecule has 0 radical (unpaired) electrons. The first kappa shape index (κ1) is 22.0. The van der Waals surface area contributed by atoms with E-state index < -0.39 is 0 Å². The van der Waals surface area contributed by atoms with Crippen LogP contribution in [0.3, 0.4) is 0 Å². The zero-order chi connectivity index (χ0) is 22.1. The van der Waals surface area contributed by atoms with Gasteiger partial charge in [-0.1, -0.05) is 76.9 Å². The fourth-order valence-corrected chi connectivity index (χ4v) is 3.37. The first-order valence-electron chi connectivity index (χ1n) is 10.6. The minimum atomic E-state index is -0.0954. The molecule has 158 valence electrons. The number of hydrogen-bond acceptors (Lipinski definition) is 2. The first-order valence-corrected chi connectivity index (χ1v) is 10.6. The molecule has 3 rings (SSSR count). The molecule has 0 aliphatic carbocycles. The summed E-state index contributed by atoms with van der Waals surface area (Å²) in [7, 11) is 0. The lowest BCUT2D eigenvalue weighted by atomic mass is 9.81. The van der Waals surface area contributed by atoms with E-state index in [2.05, 4.69) is 91.8 Å². The normalized spacial score (nSPS) is 12.0. The van der Waals surface area contributed by atoms with Crippen molar-refractivity contribution in [1.82, 2.24) is 0 Å². The van der Waals surface area contributed by atoms with Gasteiger partial charge >= 0.3 is 0 Å². The molecule has 0 N–H and O–H groups in total. The van der Waals surface area contributed by atoms with Gasteiger partial charge in [0.15, 0.2) is 0 Å². The summed E-state index contributed by atoms with van der Waals surface area (Å²) in [5, 5.41) is 0. The minimum absolute atomic E-state index is 0.0954. The van der Waals surface area contributed by atoms with Gasteiger partial charge in [0.1, 0.15) is 23.0 Å². The minimum Gasteiger partial charge on any atom is -0.457 e. The Kier molecular flexibility index (Phi) is 5.99. The number of ether oxygens (including phenoxy) is 2. The Labute approximate surface area is 181 Å². The molecule has 0 fully saturated rings. The van der Waals surface area contributed by atoms with E-state index in [0.717, 1.165) is 34.1 Å². The van der Waals surface area contributed by atoms with Crippen molar-refractivity contribution in [2.24, 2.45) is 0 Å². The van der Waals surface area contributed by atoms with Crippen LogP contribution in [0.4, 0.5) is 0 Å². The maximum atomic E-state index is 6.39. The van der Waals surface area contributed by atoms with Crippen molar-refractivity contribution in [1.29, 1.82) is 0 Å². The Balaban J connectivity index is 2.12. The molecule has 3 aromatic rings. The van der Waals surface area contributed by atoms with Crippen molar-refractivity contribution in [3.8, 4) is 23.0 Å². The molecule has 0 amide bonds. The fraction of sp³-hybridized carbons (Fsp3) is 0.357. The van der Waals surface area contributed by atoms with E-state index in [4.69, 9.17) is 9.47 Å². The molecule has 0 aliphatic rings. The molecule has 0 atom stereocenters. The van der Waals surface area contributed by atoms with Gasteiger partial charge in [-0.3, -0.25) is 0 Å². The smallest absolute Gasteiger partial charge is 0.131 e. The van der Waals surface area contributed by atoms with Crippen molar-refractivity contribution in [2.45, 2.75) is 66.2 Å². The van der Waals surface area contributed by atoms with Gasteiger partial charge in [0.25, 0.3) is 0 Å². The van der Waals surface area contributed by atoms with Crippen LogP contribution in [0.25, 0.3) is 0 Å². The molecule has 0 heterocycles. The third-order valence-corrected chi connectivity index (χ3v) is 5.20. The van der Waals surface area contributed by atoms with E-state index >= 15 is 0 Å². The van der Waals surface area contributed by atoms with Gasteiger partial charge in [-0.05, 0) is 61.1 Å². The molecule has 0 saturated carbocycles. The topological polar surface area (TPSA) is 18.5 Å². The predicted molar refractivity (Wildman–Crippen MR) is 126 cm³/mol. The molecule has 0 aliphatic heterocycles. The van der Waals surface area contributed by atoms with Crippen molar-refractivity contribution in [3.05, 3.63) is 82.9 Å². The van der Waals surface area contributed by atoms with Crippen molar-refractivity contribution >= 4 is 0 Å². The number of benzene rings is 3. The van der Waals surface area contributed by atoms with E-state index in [1.54, 1.807) is 0 Å². The average Bonchev–Trinajstić information content (AvgIpc) is 2.64. The Morgan fingerprint density at radius 3 is 1.07 bits per heavy atom. The van der Waals surface area contributed by atoms with Gasteiger partial charge in [0, 0.05) is 11.1 Å². The van der Waals surface area contributed by atoms with Gasteiger partial charge < -0.3 is 9.47 Å². The van der Waals surface area contributed by atoms with Gasteiger partial charge in [0.05, 0.1) is 0 Å². The molecule has 0 aromatic heterocycles. The lowest BCUT2D eigenvalue weighted by Gasteiger charge is -2.29. The molecule has 2 nitrogen and oxygen atoms in total. The van der Waals surface area contributed by atoms with Crippen LogP contribution in [-0.4, -0.2) is 0 Å². The van der Waals surface area contributed by atoms with E-state index in [1.165, 1.54) is 11.1 Å². The standard InChI is InChI=1S/C28H34O2/c1-19-9-13-21(14-10-19)29-25-17-24(28(6,7)8)26(18-23(25)27(3,4)5)30-22-15-11-20(2)12-16-22/h9-18H,1-8H3. The zero-order valence-electron chi connectivity index (χ0n) is 19.6. The highest BCUT2D eigenvalue weighted by atomic mass is 16.5. The summed E-state index contributed by atoms with van der Waals surface area (Å²) in [5.74, 6) is 3.45. The van der Waals surface area contributed by atoms with E-state index in [9.17, 15) is 0 Å². The van der Waals surface area contributed by atoms with Crippen LogP contribution in [0.2, 0.25) is 0 Å². The molecule has 30 heavy (non-hydrogen) atoms. The summed E-state index contributed by atoms with van der Waals surface area (Å²) in [6.45, 7) is 17.4. The highest BCUT2D eigenvalue weighted by Crippen LogP contribution is 2.44. The van der Waals surface area contributed by atoms with Gasteiger partial charge in [-0.15, -0.1) is 0 Å². The molecular formula is C28H34O2. The molecule has 3 aromatic carbocycles. The number of hydrogen-bond donors (Lipinski definition) is 0. The van der Waals surface area contributed by atoms with Crippen LogP contribution in [0.15, 0.2) is 60.7 Å². The lowest BCUT2D eigenvalue weighted by molar-refractivity contribution is 0.429. The summed E-state index contributed by atoms with van der Waals surface area (Å²) in [4.78, 5) is 0. The van der Waals surface area contributed by atoms with Crippen LogP contribution in [0, 0.1) is 13.8 Å². The monoisotopic (exact) mass is 402 g/mol. The first-order chi connectivity index (χ1) is 13.9. The molecule has 2 heteroatoms. The molecule has 0 bridgehead atoms. The number of rotatable bonds is 4. The maximum absolute atomic E-state index is 6.39. The highest BCUT2D eigenvalue weighted by molar-refractivity contribution is 5.54. The number of aryl methyl sites for hydroxylation is 2. The third kappa shape index (κ3) is 5.24. The largest absolute Gasteiger partial charge is 0.457 e. The van der Waals surface area contributed by atoms with E-state index in [-0.39, 0.29) is 10.8 Å². The summed E-state index contributed by atoms with van der Waals surface area (Å²) >= 11 is 0. The molecular weight excluding hydrogens is 368 g/mol. The summed E-state index contributed by atoms with van der Waals surface area (Å²) in [5.41, 5.74) is 4.49. The molecule has 0 saturated heterocycles. The molecule has 0 spiro atoms. The second-order valence-electron chi connectivity index (χ2n) is 10.2. The van der Waals surface area contributed by atoms with Crippen molar-refractivity contribution in [2.75, 3.05) is 0 Å². The van der Waals surface area contributed by atoms with Gasteiger partial charge in [-0.25, -0.2) is 0 Å².